The van der Waals surface area contributed by atoms with Crippen LogP contribution in [0.25, 0.3) is 0 Å². The van der Waals surface area contributed by atoms with Gasteiger partial charge in [0.25, 0.3) is 0 Å². The van der Waals surface area contributed by atoms with Crippen molar-refractivity contribution in [3.8, 4) is 0 Å². The highest BCUT2D eigenvalue weighted by Crippen LogP contribution is 2.37. The third kappa shape index (κ3) is 3.21. The molecule has 2 rings (SSSR count). The smallest absolute Gasteiger partial charge is 0.336 e. The predicted octanol–water partition coefficient (Wildman–Crippen LogP) is 4.94. The number of halogens is 2. The van der Waals surface area contributed by atoms with Crippen LogP contribution >= 0.6 is 23.2 Å². The van der Waals surface area contributed by atoms with Crippen LogP contribution in [0.5, 0.6) is 0 Å². The maximum Gasteiger partial charge on any atom is 0.336 e. The van der Waals surface area contributed by atoms with Crippen LogP contribution in [0.4, 0.5) is 11.4 Å². The molecule has 2 aromatic carbocycles. The normalized spacial score (nSPS) is 11.8. The predicted molar refractivity (Wildman–Crippen MR) is 87.1 cm³/mol. The molecule has 0 saturated heterocycles. The Balaban J connectivity index is 2.50. The van der Waals surface area contributed by atoms with Crippen molar-refractivity contribution in [3.05, 3.63) is 62.5 Å². The average molecular weight is 339 g/mol. The van der Waals surface area contributed by atoms with Gasteiger partial charge in [-0.1, -0.05) is 47.5 Å². The van der Waals surface area contributed by atoms with Gasteiger partial charge in [-0.05, 0) is 29.8 Å². The van der Waals surface area contributed by atoms with Crippen LogP contribution < -0.4 is 5.32 Å². The standard InChI is InChI=1S/C15H12Cl2N2O3/c1-8-6-7-10(16)14(12(8)17)18-11-5-3-2-4-9(11)13(19-22)15(20)21/h2-7,13,18H,1H3,(H,20,21). The summed E-state index contributed by atoms with van der Waals surface area (Å²) in [6.07, 6.45) is 0. The van der Waals surface area contributed by atoms with E-state index in [4.69, 9.17) is 28.3 Å². The number of para-hydroxylation sites is 1. The molecule has 0 spiro atoms. The fourth-order valence-electron chi connectivity index (χ4n) is 1.99. The summed E-state index contributed by atoms with van der Waals surface area (Å²) in [6, 6.07) is 8.42. The van der Waals surface area contributed by atoms with Crippen LogP contribution in [-0.4, -0.2) is 11.1 Å². The van der Waals surface area contributed by atoms with Crippen molar-refractivity contribution < 1.29 is 9.90 Å². The molecule has 5 nitrogen and oxygen atoms in total. The van der Waals surface area contributed by atoms with Crippen LogP contribution in [0.1, 0.15) is 17.2 Å². The van der Waals surface area contributed by atoms with Crippen molar-refractivity contribution >= 4 is 40.5 Å². The summed E-state index contributed by atoms with van der Waals surface area (Å²) >= 11 is 12.4. The van der Waals surface area contributed by atoms with Crippen LogP contribution in [0.2, 0.25) is 10.0 Å². The minimum atomic E-state index is -1.51. The van der Waals surface area contributed by atoms with Gasteiger partial charge >= 0.3 is 5.97 Å². The molecule has 0 aliphatic carbocycles. The summed E-state index contributed by atoms with van der Waals surface area (Å²) in [5, 5.41) is 15.6. The third-order valence-corrected chi connectivity index (χ3v) is 3.94. The number of aryl methyl sites for hydroxylation is 1. The molecule has 0 heterocycles. The number of benzene rings is 2. The summed E-state index contributed by atoms with van der Waals surface area (Å²) < 4.78 is 0. The van der Waals surface area contributed by atoms with E-state index in [9.17, 15) is 9.70 Å². The number of carboxylic acid groups (broad SMARTS) is 1. The molecule has 1 atom stereocenters. The average Bonchev–Trinajstić information content (AvgIpc) is 2.49. The maximum atomic E-state index is 11.1. The molecule has 1 unspecified atom stereocenters. The molecule has 114 valence electrons. The summed E-state index contributed by atoms with van der Waals surface area (Å²) in [5.74, 6) is -1.33. The van der Waals surface area contributed by atoms with Crippen molar-refractivity contribution in [3.63, 3.8) is 0 Å². The molecular formula is C15H12Cl2N2O3. The number of nitrogens with zero attached hydrogens (tertiary/aromatic N) is 1. The van der Waals surface area contributed by atoms with Crippen molar-refractivity contribution in [2.24, 2.45) is 5.18 Å². The van der Waals surface area contributed by atoms with E-state index in [-0.39, 0.29) is 5.56 Å². The van der Waals surface area contributed by atoms with E-state index >= 15 is 0 Å². The minimum absolute atomic E-state index is 0.235. The summed E-state index contributed by atoms with van der Waals surface area (Å²) in [7, 11) is 0. The molecule has 7 heteroatoms. The van der Waals surface area contributed by atoms with Gasteiger partial charge in [-0.25, -0.2) is 4.79 Å². The molecular weight excluding hydrogens is 327 g/mol. The molecule has 2 aromatic rings. The fourth-order valence-corrected chi connectivity index (χ4v) is 2.46. The van der Waals surface area contributed by atoms with Crippen LogP contribution in [-0.2, 0) is 4.79 Å². The molecule has 2 N–H and O–H groups in total. The largest absolute Gasteiger partial charge is 0.479 e. The molecule has 0 aliphatic heterocycles. The van der Waals surface area contributed by atoms with Gasteiger partial charge in [0.15, 0.2) is 0 Å². The first-order valence-electron chi connectivity index (χ1n) is 6.31. The number of nitroso groups, excluding NO2 is 1. The molecule has 0 bridgehead atoms. The SMILES string of the molecule is Cc1ccc(Cl)c(Nc2ccccc2C(N=O)C(=O)O)c1Cl. The van der Waals surface area contributed by atoms with Gasteiger partial charge in [0.2, 0.25) is 6.04 Å². The third-order valence-electron chi connectivity index (χ3n) is 3.14. The molecule has 0 aliphatic rings. The highest BCUT2D eigenvalue weighted by molar-refractivity contribution is 6.39. The lowest BCUT2D eigenvalue weighted by Crippen LogP contribution is -2.10. The van der Waals surface area contributed by atoms with Gasteiger partial charge in [0, 0.05) is 11.3 Å². The zero-order valence-electron chi connectivity index (χ0n) is 11.5. The highest BCUT2D eigenvalue weighted by Gasteiger charge is 2.24. The van der Waals surface area contributed by atoms with Crippen LogP contribution in [0.3, 0.4) is 0 Å². The lowest BCUT2D eigenvalue weighted by atomic mass is 10.0. The number of hydrogen-bond acceptors (Lipinski definition) is 4. The number of carbonyl (C=O) groups is 1. The summed E-state index contributed by atoms with van der Waals surface area (Å²) in [4.78, 5) is 22.0. The number of aliphatic carboxylic acids is 1. The number of nitrogens with one attached hydrogen (secondary N) is 1. The minimum Gasteiger partial charge on any atom is -0.479 e. The number of hydrogen-bond donors (Lipinski definition) is 2. The van der Waals surface area contributed by atoms with Gasteiger partial charge in [-0.3, -0.25) is 0 Å². The van der Waals surface area contributed by atoms with Gasteiger partial charge in [0.05, 0.1) is 15.7 Å². The lowest BCUT2D eigenvalue weighted by Gasteiger charge is -2.16. The Bertz CT molecular complexity index is 735. The highest BCUT2D eigenvalue weighted by atomic mass is 35.5. The molecule has 0 amide bonds. The first-order valence-corrected chi connectivity index (χ1v) is 7.07. The van der Waals surface area contributed by atoms with Crippen molar-refractivity contribution in [1.82, 2.24) is 0 Å². The van der Waals surface area contributed by atoms with E-state index in [0.29, 0.717) is 21.4 Å². The van der Waals surface area contributed by atoms with Gasteiger partial charge in [-0.2, -0.15) is 0 Å². The van der Waals surface area contributed by atoms with E-state index in [1.807, 2.05) is 6.92 Å². The molecule has 22 heavy (non-hydrogen) atoms. The second-order valence-corrected chi connectivity index (χ2v) is 5.40. The van der Waals surface area contributed by atoms with Gasteiger partial charge < -0.3 is 10.4 Å². The quantitative estimate of drug-likeness (QED) is 0.757. The number of carboxylic acids is 1. The second kappa shape index (κ2) is 6.77. The van der Waals surface area contributed by atoms with Crippen molar-refractivity contribution in [2.75, 3.05) is 5.32 Å². The molecule has 0 aromatic heterocycles. The first-order chi connectivity index (χ1) is 10.5. The Morgan fingerprint density at radius 2 is 1.91 bits per heavy atom. The van der Waals surface area contributed by atoms with Gasteiger partial charge in [-0.15, -0.1) is 4.91 Å². The summed E-state index contributed by atoms with van der Waals surface area (Å²) in [6.45, 7) is 1.82. The fraction of sp³-hybridized carbons (Fsp3) is 0.133. The topological polar surface area (TPSA) is 78.8 Å². The van der Waals surface area contributed by atoms with Crippen molar-refractivity contribution in [2.45, 2.75) is 13.0 Å². The molecule has 0 fully saturated rings. The number of rotatable bonds is 5. The Morgan fingerprint density at radius 1 is 1.23 bits per heavy atom. The van der Waals surface area contributed by atoms with Crippen LogP contribution in [0.15, 0.2) is 41.6 Å². The van der Waals surface area contributed by atoms with E-state index in [0.717, 1.165) is 5.56 Å². The number of anilines is 2. The summed E-state index contributed by atoms with van der Waals surface area (Å²) in [5.41, 5.74) is 1.91. The van der Waals surface area contributed by atoms with Crippen molar-refractivity contribution in [1.29, 1.82) is 0 Å². The first kappa shape index (κ1) is 16.3. The van der Waals surface area contributed by atoms with E-state index in [2.05, 4.69) is 10.5 Å². The Hall–Kier alpha value is -2.11. The second-order valence-electron chi connectivity index (χ2n) is 4.61. The van der Waals surface area contributed by atoms with E-state index in [1.54, 1.807) is 30.3 Å². The molecule has 0 saturated carbocycles. The van der Waals surface area contributed by atoms with E-state index in [1.165, 1.54) is 6.07 Å². The van der Waals surface area contributed by atoms with E-state index < -0.39 is 12.0 Å². The van der Waals surface area contributed by atoms with Gasteiger partial charge in [0.1, 0.15) is 0 Å². The Kier molecular flexibility index (Phi) is 5.00. The lowest BCUT2D eigenvalue weighted by molar-refractivity contribution is -0.138. The Morgan fingerprint density at radius 3 is 2.55 bits per heavy atom. The zero-order chi connectivity index (χ0) is 16.3. The Labute approximate surface area is 136 Å². The maximum absolute atomic E-state index is 11.1. The monoisotopic (exact) mass is 338 g/mol. The van der Waals surface area contributed by atoms with Crippen LogP contribution in [0, 0.1) is 11.8 Å². The zero-order valence-corrected chi connectivity index (χ0v) is 13.0. The molecule has 0 radical (unpaired) electrons.